The van der Waals surface area contributed by atoms with Crippen LogP contribution in [0.15, 0.2) is 0 Å². The van der Waals surface area contributed by atoms with Gasteiger partial charge in [0.25, 0.3) is 0 Å². The predicted molar refractivity (Wildman–Crippen MR) is 91.2 cm³/mol. The van der Waals surface area contributed by atoms with Crippen molar-refractivity contribution in [1.29, 1.82) is 0 Å². The van der Waals surface area contributed by atoms with Gasteiger partial charge in [-0.3, -0.25) is 0 Å². The molecular formula is C16H30N4S. The van der Waals surface area contributed by atoms with Gasteiger partial charge >= 0.3 is 0 Å². The first-order valence-electron chi connectivity index (χ1n) is 8.09. The van der Waals surface area contributed by atoms with E-state index in [-0.39, 0.29) is 0 Å². The lowest BCUT2D eigenvalue weighted by Gasteiger charge is -2.37. The highest BCUT2D eigenvalue weighted by atomic mass is 32.1. The Hall–Kier alpha value is -0.490. The maximum Gasteiger partial charge on any atom is 0.0947 e. The topological polar surface area (TPSA) is 31.4 Å². The number of nitrogens with zero attached hydrogens (tertiary/aromatic N) is 3. The van der Waals surface area contributed by atoms with Crippen LogP contribution in [-0.2, 0) is 6.42 Å². The van der Waals surface area contributed by atoms with E-state index in [0.29, 0.717) is 12.1 Å². The standard InChI is InChI=1S/C16H30N4S/c1-6-7-17-12(2)16-13(3)18-15(21-16)10-14-11-19(4)8-9-20(14)5/h12,14,17H,6-11H2,1-5H3. The highest BCUT2D eigenvalue weighted by Gasteiger charge is 2.24. The van der Waals surface area contributed by atoms with E-state index in [0.717, 1.165) is 26.1 Å². The summed E-state index contributed by atoms with van der Waals surface area (Å²) in [6, 6.07) is 1.02. The van der Waals surface area contributed by atoms with Crippen LogP contribution < -0.4 is 5.32 Å². The monoisotopic (exact) mass is 310 g/mol. The van der Waals surface area contributed by atoms with Crippen LogP contribution in [0.25, 0.3) is 0 Å². The minimum Gasteiger partial charge on any atom is -0.309 e. The number of hydrogen-bond acceptors (Lipinski definition) is 5. The molecule has 0 aliphatic carbocycles. The fourth-order valence-electron chi connectivity index (χ4n) is 2.93. The number of aromatic nitrogens is 1. The van der Waals surface area contributed by atoms with Crippen LogP contribution in [0, 0.1) is 6.92 Å². The van der Waals surface area contributed by atoms with Gasteiger partial charge in [-0.25, -0.2) is 4.98 Å². The van der Waals surface area contributed by atoms with Crippen molar-refractivity contribution in [2.75, 3.05) is 40.3 Å². The van der Waals surface area contributed by atoms with Crippen molar-refractivity contribution in [2.45, 2.75) is 45.7 Å². The molecule has 2 rings (SSSR count). The van der Waals surface area contributed by atoms with Gasteiger partial charge in [0.05, 0.1) is 10.7 Å². The number of aryl methyl sites for hydroxylation is 1. The highest BCUT2D eigenvalue weighted by Crippen LogP contribution is 2.26. The molecule has 1 aromatic heterocycles. The molecule has 0 saturated carbocycles. The van der Waals surface area contributed by atoms with Crippen LogP contribution in [0.3, 0.4) is 0 Å². The quantitative estimate of drug-likeness (QED) is 0.873. The lowest BCUT2D eigenvalue weighted by molar-refractivity contribution is 0.114. The Kier molecular flexibility index (Phi) is 6.17. The number of likely N-dealkylation sites (N-methyl/N-ethyl adjacent to an activating group) is 2. The molecule has 0 aromatic carbocycles. The summed E-state index contributed by atoms with van der Waals surface area (Å²) < 4.78 is 0. The van der Waals surface area contributed by atoms with Crippen molar-refractivity contribution < 1.29 is 0 Å². The summed E-state index contributed by atoms with van der Waals surface area (Å²) in [5.41, 5.74) is 1.21. The zero-order valence-electron chi connectivity index (χ0n) is 14.1. The van der Waals surface area contributed by atoms with E-state index in [1.807, 2.05) is 11.3 Å². The Balaban J connectivity index is 2.01. The van der Waals surface area contributed by atoms with Crippen molar-refractivity contribution in [1.82, 2.24) is 20.1 Å². The minimum absolute atomic E-state index is 0.419. The van der Waals surface area contributed by atoms with Crippen molar-refractivity contribution in [3.05, 3.63) is 15.6 Å². The van der Waals surface area contributed by atoms with Crippen LogP contribution in [0.1, 0.15) is 41.9 Å². The molecule has 0 spiro atoms. The third-order valence-corrected chi connectivity index (χ3v) is 5.72. The lowest BCUT2D eigenvalue weighted by Crippen LogP contribution is -2.50. The van der Waals surface area contributed by atoms with E-state index >= 15 is 0 Å². The van der Waals surface area contributed by atoms with Gasteiger partial charge in [-0.15, -0.1) is 11.3 Å². The van der Waals surface area contributed by atoms with Gasteiger partial charge in [0, 0.05) is 43.0 Å². The molecule has 120 valence electrons. The number of thiazole rings is 1. The molecule has 2 unspecified atom stereocenters. The second kappa shape index (κ2) is 7.68. The van der Waals surface area contributed by atoms with E-state index in [1.54, 1.807) is 0 Å². The molecule has 0 radical (unpaired) electrons. The smallest absolute Gasteiger partial charge is 0.0947 e. The molecule has 0 amide bonds. The number of piperazine rings is 1. The van der Waals surface area contributed by atoms with E-state index in [9.17, 15) is 0 Å². The third-order valence-electron chi connectivity index (χ3n) is 4.36. The summed E-state index contributed by atoms with van der Waals surface area (Å²) in [5, 5.41) is 4.87. The Morgan fingerprint density at radius 2 is 2.14 bits per heavy atom. The van der Waals surface area contributed by atoms with E-state index in [4.69, 9.17) is 4.98 Å². The average Bonchev–Trinajstić information content (AvgIpc) is 2.81. The molecule has 1 aliphatic rings. The number of nitrogens with one attached hydrogen (secondary N) is 1. The Morgan fingerprint density at radius 3 is 2.86 bits per heavy atom. The summed E-state index contributed by atoms with van der Waals surface area (Å²) in [6.07, 6.45) is 2.25. The largest absolute Gasteiger partial charge is 0.309 e. The highest BCUT2D eigenvalue weighted by molar-refractivity contribution is 7.11. The molecule has 1 fully saturated rings. The summed E-state index contributed by atoms with van der Waals surface area (Å²) in [5.74, 6) is 0. The average molecular weight is 311 g/mol. The predicted octanol–water partition coefficient (Wildman–Crippen LogP) is 2.30. The Bertz CT molecular complexity index is 445. The van der Waals surface area contributed by atoms with Gasteiger partial charge in [-0.05, 0) is 40.9 Å². The van der Waals surface area contributed by atoms with E-state index in [2.05, 4.69) is 50.0 Å². The maximum atomic E-state index is 4.83. The molecule has 2 atom stereocenters. The summed E-state index contributed by atoms with van der Waals surface area (Å²) in [6.45, 7) is 11.2. The summed E-state index contributed by atoms with van der Waals surface area (Å²) in [4.78, 5) is 11.1. The summed E-state index contributed by atoms with van der Waals surface area (Å²) >= 11 is 1.90. The van der Waals surface area contributed by atoms with Crippen molar-refractivity contribution in [2.24, 2.45) is 0 Å². The maximum absolute atomic E-state index is 4.83. The molecule has 1 N–H and O–H groups in total. The molecule has 21 heavy (non-hydrogen) atoms. The zero-order chi connectivity index (χ0) is 15.4. The SMILES string of the molecule is CCCNC(C)c1sc(CC2CN(C)CCN2C)nc1C. The van der Waals surface area contributed by atoms with Gasteiger partial charge in [0.2, 0.25) is 0 Å². The fraction of sp³-hybridized carbons (Fsp3) is 0.812. The van der Waals surface area contributed by atoms with E-state index < -0.39 is 0 Å². The van der Waals surface area contributed by atoms with Gasteiger partial charge in [-0.1, -0.05) is 6.92 Å². The molecule has 1 aromatic rings. The normalized spacial score (nSPS) is 22.6. The van der Waals surface area contributed by atoms with Crippen LogP contribution in [-0.4, -0.2) is 61.1 Å². The third kappa shape index (κ3) is 4.49. The van der Waals surface area contributed by atoms with Crippen molar-refractivity contribution >= 4 is 11.3 Å². The van der Waals surface area contributed by atoms with Crippen LogP contribution in [0.2, 0.25) is 0 Å². The molecule has 1 aliphatic heterocycles. The number of hydrogen-bond donors (Lipinski definition) is 1. The second-order valence-electron chi connectivity index (χ2n) is 6.33. The summed E-state index contributed by atoms with van der Waals surface area (Å²) in [7, 11) is 4.46. The molecule has 5 heteroatoms. The van der Waals surface area contributed by atoms with Crippen LogP contribution >= 0.6 is 11.3 Å². The Morgan fingerprint density at radius 1 is 1.38 bits per heavy atom. The van der Waals surface area contributed by atoms with Gasteiger partial charge in [-0.2, -0.15) is 0 Å². The zero-order valence-corrected chi connectivity index (χ0v) is 15.0. The van der Waals surface area contributed by atoms with Gasteiger partial charge in [0.15, 0.2) is 0 Å². The molecular weight excluding hydrogens is 280 g/mol. The lowest BCUT2D eigenvalue weighted by atomic mass is 10.1. The van der Waals surface area contributed by atoms with Crippen LogP contribution in [0.5, 0.6) is 0 Å². The Labute approximate surface area is 133 Å². The van der Waals surface area contributed by atoms with Crippen molar-refractivity contribution in [3.8, 4) is 0 Å². The van der Waals surface area contributed by atoms with Gasteiger partial charge < -0.3 is 15.1 Å². The second-order valence-corrected chi connectivity index (χ2v) is 7.45. The minimum atomic E-state index is 0.419. The molecule has 1 saturated heterocycles. The molecule has 0 bridgehead atoms. The van der Waals surface area contributed by atoms with Gasteiger partial charge in [0.1, 0.15) is 0 Å². The van der Waals surface area contributed by atoms with E-state index in [1.165, 1.54) is 28.5 Å². The first-order valence-corrected chi connectivity index (χ1v) is 8.91. The first kappa shape index (κ1) is 16.9. The van der Waals surface area contributed by atoms with Crippen LogP contribution in [0.4, 0.5) is 0 Å². The first-order chi connectivity index (χ1) is 10.0. The molecule has 4 nitrogen and oxygen atoms in total. The fourth-order valence-corrected chi connectivity index (χ4v) is 4.10. The molecule has 2 heterocycles. The van der Waals surface area contributed by atoms with Crippen molar-refractivity contribution in [3.63, 3.8) is 0 Å². The number of rotatable bonds is 6.